The summed E-state index contributed by atoms with van der Waals surface area (Å²) in [6.07, 6.45) is 3.37. The molecule has 1 unspecified atom stereocenters. The van der Waals surface area contributed by atoms with Crippen LogP contribution in [0.3, 0.4) is 0 Å². The van der Waals surface area contributed by atoms with E-state index in [1.807, 2.05) is 36.6 Å². The van der Waals surface area contributed by atoms with Crippen LogP contribution in [0.2, 0.25) is 0 Å². The second kappa shape index (κ2) is 14.7. The van der Waals surface area contributed by atoms with Gasteiger partial charge in [-0.3, -0.25) is 4.79 Å². The lowest BCUT2D eigenvalue weighted by atomic mass is 10.1. The van der Waals surface area contributed by atoms with Gasteiger partial charge in [0.2, 0.25) is 5.88 Å². The van der Waals surface area contributed by atoms with Crippen LogP contribution < -0.4 is 21.1 Å². The predicted octanol–water partition coefficient (Wildman–Crippen LogP) is 2.15. The molecule has 1 aromatic heterocycles. The van der Waals surface area contributed by atoms with Crippen molar-refractivity contribution in [3.63, 3.8) is 0 Å². The van der Waals surface area contributed by atoms with Crippen LogP contribution in [0.5, 0.6) is 5.88 Å². The second-order valence-electron chi connectivity index (χ2n) is 7.34. The maximum Gasteiger partial charge on any atom is 0.328 e. The Bertz CT molecular complexity index is 873. The lowest BCUT2D eigenvalue weighted by Gasteiger charge is -2.23. The molecule has 0 aliphatic rings. The number of aromatic nitrogens is 1. The van der Waals surface area contributed by atoms with Gasteiger partial charge in [-0.2, -0.15) is 24.4 Å². The highest BCUT2D eigenvalue weighted by Crippen LogP contribution is 2.23. The molecule has 1 aromatic carbocycles. The standard InChI is InChI=1S/C23H32N4O4S2/c1-30-23(29)19(10-12-33-2)27-21(28)20(13-16-7-4-3-5-8-16)31-22-18(9-6-11-25-22)26-14-17(24)15-32/h3-9,11,17,19-20,26,32H,10,12-15,24H2,1-2H3,(H,27,28)/t17?,19-,20+/m0/s1. The fraction of sp³-hybridized carbons (Fsp3) is 0.435. The summed E-state index contributed by atoms with van der Waals surface area (Å²) in [6, 6.07) is 12.2. The van der Waals surface area contributed by atoms with Crippen molar-refractivity contribution in [3.8, 4) is 5.88 Å². The number of rotatable bonds is 14. The van der Waals surface area contributed by atoms with E-state index in [0.29, 0.717) is 36.6 Å². The number of amides is 1. The Balaban J connectivity index is 2.24. The van der Waals surface area contributed by atoms with Gasteiger partial charge < -0.3 is 25.8 Å². The zero-order valence-electron chi connectivity index (χ0n) is 18.9. The average molecular weight is 493 g/mol. The Morgan fingerprint density at radius 3 is 2.64 bits per heavy atom. The van der Waals surface area contributed by atoms with Crippen LogP contribution in [0.1, 0.15) is 12.0 Å². The maximum absolute atomic E-state index is 13.2. The highest BCUT2D eigenvalue weighted by Gasteiger charge is 2.28. The van der Waals surface area contributed by atoms with E-state index in [1.54, 1.807) is 30.1 Å². The summed E-state index contributed by atoms with van der Waals surface area (Å²) in [5, 5.41) is 5.99. The number of esters is 1. The van der Waals surface area contributed by atoms with Crippen molar-refractivity contribution in [3.05, 3.63) is 54.2 Å². The van der Waals surface area contributed by atoms with Crippen molar-refractivity contribution in [2.45, 2.75) is 31.0 Å². The molecule has 33 heavy (non-hydrogen) atoms. The van der Waals surface area contributed by atoms with Crippen molar-refractivity contribution < 1.29 is 19.1 Å². The van der Waals surface area contributed by atoms with Crippen LogP contribution in [0, 0.1) is 0 Å². The molecule has 3 atom stereocenters. The molecule has 0 fully saturated rings. The molecular formula is C23H32N4O4S2. The highest BCUT2D eigenvalue weighted by molar-refractivity contribution is 7.98. The van der Waals surface area contributed by atoms with Gasteiger partial charge in [0.15, 0.2) is 6.10 Å². The number of nitrogens with one attached hydrogen (secondary N) is 2. The predicted molar refractivity (Wildman–Crippen MR) is 136 cm³/mol. The van der Waals surface area contributed by atoms with Crippen LogP contribution in [0.15, 0.2) is 48.7 Å². The summed E-state index contributed by atoms with van der Waals surface area (Å²) in [4.78, 5) is 29.7. The average Bonchev–Trinajstić information content (AvgIpc) is 2.85. The first-order valence-corrected chi connectivity index (χ1v) is 12.6. The molecule has 4 N–H and O–H groups in total. The Morgan fingerprint density at radius 2 is 1.97 bits per heavy atom. The summed E-state index contributed by atoms with van der Waals surface area (Å²) in [6.45, 7) is 0.472. The molecule has 0 aliphatic carbocycles. The van der Waals surface area contributed by atoms with Crippen molar-refractivity contribution in [2.24, 2.45) is 5.73 Å². The van der Waals surface area contributed by atoms with Gasteiger partial charge >= 0.3 is 5.97 Å². The number of hydrogen-bond acceptors (Lipinski definition) is 9. The molecule has 0 saturated heterocycles. The molecule has 0 radical (unpaired) electrons. The van der Waals surface area contributed by atoms with Crippen LogP contribution in [0.25, 0.3) is 0 Å². The second-order valence-corrected chi connectivity index (χ2v) is 8.69. The SMILES string of the molecule is COC(=O)[C@H](CCSC)NC(=O)[C@@H](Cc1ccccc1)Oc1ncccc1NCC(N)CS. The third-order valence-corrected chi connectivity index (χ3v) is 5.90. The molecule has 0 spiro atoms. The molecular weight excluding hydrogens is 460 g/mol. The minimum atomic E-state index is -0.914. The van der Waals surface area contributed by atoms with E-state index >= 15 is 0 Å². The lowest BCUT2D eigenvalue weighted by molar-refractivity contribution is -0.146. The molecule has 0 bridgehead atoms. The van der Waals surface area contributed by atoms with E-state index in [9.17, 15) is 9.59 Å². The third kappa shape index (κ3) is 9.15. The number of pyridine rings is 1. The largest absolute Gasteiger partial charge is 0.467 e. The minimum Gasteiger partial charge on any atom is -0.467 e. The van der Waals surface area contributed by atoms with Gasteiger partial charge in [0.25, 0.3) is 5.91 Å². The van der Waals surface area contributed by atoms with Crippen molar-refractivity contribution in [2.75, 3.05) is 36.7 Å². The lowest BCUT2D eigenvalue weighted by Crippen LogP contribution is -2.48. The molecule has 0 saturated carbocycles. The normalized spacial score (nSPS) is 13.5. The monoisotopic (exact) mass is 492 g/mol. The first-order valence-electron chi connectivity index (χ1n) is 10.6. The Kier molecular flexibility index (Phi) is 11.9. The van der Waals surface area contributed by atoms with Crippen LogP contribution in [-0.4, -0.2) is 66.5 Å². The number of carbonyl (C=O) groups excluding carboxylic acids is 2. The van der Waals surface area contributed by atoms with E-state index in [2.05, 4.69) is 28.2 Å². The molecule has 0 aliphatic heterocycles. The molecule has 8 nitrogen and oxygen atoms in total. The summed E-state index contributed by atoms with van der Waals surface area (Å²) in [7, 11) is 1.31. The number of nitrogens with zero attached hydrogens (tertiary/aromatic N) is 1. The Morgan fingerprint density at radius 1 is 1.21 bits per heavy atom. The van der Waals surface area contributed by atoms with E-state index < -0.39 is 24.0 Å². The van der Waals surface area contributed by atoms with Crippen molar-refractivity contribution in [1.82, 2.24) is 10.3 Å². The number of carbonyl (C=O) groups is 2. The van der Waals surface area contributed by atoms with Gasteiger partial charge in [-0.15, -0.1) is 0 Å². The molecule has 10 heteroatoms. The van der Waals surface area contributed by atoms with Crippen LogP contribution in [0.4, 0.5) is 5.69 Å². The van der Waals surface area contributed by atoms with E-state index in [1.165, 1.54) is 7.11 Å². The number of anilines is 1. The molecule has 2 aromatic rings. The van der Waals surface area contributed by atoms with Crippen LogP contribution >= 0.6 is 24.4 Å². The summed E-state index contributed by atoms with van der Waals surface area (Å²) < 4.78 is 11.0. The zero-order chi connectivity index (χ0) is 24.1. The first kappa shape index (κ1) is 26.8. The first-order chi connectivity index (χ1) is 16.0. The van der Waals surface area contributed by atoms with E-state index in [4.69, 9.17) is 15.2 Å². The van der Waals surface area contributed by atoms with Gasteiger partial charge in [-0.1, -0.05) is 30.3 Å². The smallest absolute Gasteiger partial charge is 0.328 e. The van der Waals surface area contributed by atoms with Crippen molar-refractivity contribution in [1.29, 1.82) is 0 Å². The third-order valence-electron chi connectivity index (χ3n) is 4.78. The quantitative estimate of drug-likeness (QED) is 0.234. The van der Waals surface area contributed by atoms with Gasteiger partial charge in [0.1, 0.15) is 6.04 Å². The molecule has 1 heterocycles. The number of benzene rings is 1. The molecule has 2 rings (SSSR count). The van der Waals surface area contributed by atoms with E-state index in [-0.39, 0.29) is 11.9 Å². The summed E-state index contributed by atoms with van der Waals surface area (Å²) >= 11 is 5.79. The van der Waals surface area contributed by atoms with E-state index in [0.717, 1.165) is 5.56 Å². The Hall–Kier alpha value is -2.43. The minimum absolute atomic E-state index is 0.151. The number of hydrogen-bond donors (Lipinski definition) is 4. The van der Waals surface area contributed by atoms with Gasteiger partial charge in [-0.05, 0) is 36.1 Å². The fourth-order valence-corrected chi connectivity index (χ4v) is 3.57. The van der Waals surface area contributed by atoms with Crippen molar-refractivity contribution >= 4 is 42.0 Å². The molecule has 180 valence electrons. The Labute approximate surface area is 204 Å². The summed E-state index contributed by atoms with van der Waals surface area (Å²) in [5.74, 6) is 0.590. The van der Waals surface area contributed by atoms with Crippen LogP contribution in [-0.2, 0) is 20.7 Å². The van der Waals surface area contributed by atoms with Gasteiger partial charge in [-0.25, -0.2) is 9.78 Å². The fourth-order valence-electron chi connectivity index (χ4n) is 2.97. The number of nitrogens with two attached hydrogens (primary N) is 1. The highest BCUT2D eigenvalue weighted by atomic mass is 32.2. The van der Waals surface area contributed by atoms with Gasteiger partial charge in [0.05, 0.1) is 12.8 Å². The number of methoxy groups -OCH3 is 1. The maximum atomic E-state index is 13.2. The topological polar surface area (TPSA) is 116 Å². The zero-order valence-corrected chi connectivity index (χ0v) is 20.6. The molecule has 1 amide bonds. The number of ether oxygens (including phenoxy) is 2. The number of thioether (sulfide) groups is 1. The van der Waals surface area contributed by atoms with Gasteiger partial charge in [0, 0.05) is 31.0 Å². The number of thiol groups is 1. The summed E-state index contributed by atoms with van der Waals surface area (Å²) in [5.41, 5.74) is 7.48.